The number of carbonyl (C=O) groups excluding carboxylic acids is 1. The van der Waals surface area contributed by atoms with Crippen LogP contribution in [0.15, 0.2) is 36.5 Å². The molecule has 1 aliphatic rings. The van der Waals surface area contributed by atoms with Gasteiger partial charge in [0, 0.05) is 18.8 Å². The lowest BCUT2D eigenvalue weighted by Crippen LogP contribution is -2.27. The third-order valence-electron chi connectivity index (χ3n) is 4.07. The highest BCUT2D eigenvalue weighted by atomic mass is 32.2. The Labute approximate surface area is 151 Å². The molecule has 138 valence electrons. The van der Waals surface area contributed by atoms with Crippen LogP contribution in [0, 0.1) is 5.82 Å². The Bertz CT molecular complexity index is 887. The molecular formula is C17H19FN4O3S. The number of aromatic nitrogens is 2. The second kappa shape index (κ2) is 7.77. The first-order chi connectivity index (χ1) is 12.4. The molecule has 3 rings (SSSR count). The number of amides is 1. The molecule has 1 atom stereocenters. The summed E-state index contributed by atoms with van der Waals surface area (Å²) in [5.41, 5.74) is 1.11. The van der Waals surface area contributed by atoms with Crippen molar-refractivity contribution in [3.63, 3.8) is 0 Å². The minimum absolute atomic E-state index is 0.0461. The molecule has 0 bridgehead atoms. The highest BCUT2D eigenvalue weighted by Crippen LogP contribution is 2.15. The van der Waals surface area contributed by atoms with Gasteiger partial charge in [-0.2, -0.15) is 0 Å². The van der Waals surface area contributed by atoms with Crippen LogP contribution in [0.3, 0.4) is 0 Å². The van der Waals surface area contributed by atoms with Gasteiger partial charge in [-0.25, -0.2) is 22.8 Å². The van der Waals surface area contributed by atoms with Crippen molar-refractivity contribution in [1.82, 2.24) is 15.3 Å². The molecule has 1 amide bonds. The number of sulfone groups is 1. The monoisotopic (exact) mass is 378 g/mol. The molecule has 7 nitrogen and oxygen atoms in total. The number of nitrogens with one attached hydrogen (secondary N) is 2. The molecule has 0 saturated carbocycles. The lowest BCUT2D eigenvalue weighted by atomic mass is 10.1. The zero-order valence-corrected chi connectivity index (χ0v) is 14.8. The summed E-state index contributed by atoms with van der Waals surface area (Å²) in [5.74, 6) is -0.220. The summed E-state index contributed by atoms with van der Waals surface area (Å²) in [6, 6.07) is 7.35. The lowest BCUT2D eigenvalue weighted by Gasteiger charge is -2.11. The first kappa shape index (κ1) is 18.2. The van der Waals surface area contributed by atoms with E-state index in [1.54, 1.807) is 12.1 Å². The SMILES string of the molecule is O=C(NCCc1ccc(F)cc1)c1ccnc(NC2CCS(=O)(=O)C2)n1. The molecule has 2 aromatic rings. The molecule has 0 aliphatic carbocycles. The molecular weight excluding hydrogens is 359 g/mol. The molecule has 1 fully saturated rings. The fraction of sp³-hybridized carbons (Fsp3) is 0.353. The van der Waals surface area contributed by atoms with Gasteiger partial charge in [0.05, 0.1) is 11.5 Å². The van der Waals surface area contributed by atoms with Gasteiger partial charge in [0.25, 0.3) is 5.91 Å². The van der Waals surface area contributed by atoms with Gasteiger partial charge in [-0.3, -0.25) is 4.79 Å². The Morgan fingerprint density at radius 1 is 1.23 bits per heavy atom. The molecule has 26 heavy (non-hydrogen) atoms. The van der Waals surface area contributed by atoms with Crippen LogP contribution >= 0.6 is 0 Å². The van der Waals surface area contributed by atoms with Crippen molar-refractivity contribution in [2.24, 2.45) is 0 Å². The molecule has 1 aromatic heterocycles. The van der Waals surface area contributed by atoms with Crippen LogP contribution in [-0.4, -0.2) is 48.4 Å². The van der Waals surface area contributed by atoms with Crippen LogP contribution in [0.1, 0.15) is 22.5 Å². The van der Waals surface area contributed by atoms with Gasteiger partial charge in [0.2, 0.25) is 5.95 Å². The average molecular weight is 378 g/mol. The number of halogens is 1. The number of rotatable bonds is 6. The van der Waals surface area contributed by atoms with Crippen molar-refractivity contribution in [2.75, 3.05) is 23.4 Å². The molecule has 0 spiro atoms. The van der Waals surface area contributed by atoms with Crippen molar-refractivity contribution < 1.29 is 17.6 Å². The second-order valence-corrected chi connectivity index (χ2v) is 8.37. The van der Waals surface area contributed by atoms with E-state index in [1.165, 1.54) is 24.4 Å². The van der Waals surface area contributed by atoms with Crippen molar-refractivity contribution in [3.05, 3.63) is 53.6 Å². The average Bonchev–Trinajstić information content (AvgIpc) is 2.95. The number of hydrogen-bond donors (Lipinski definition) is 2. The quantitative estimate of drug-likeness (QED) is 0.783. The predicted molar refractivity (Wildman–Crippen MR) is 95.2 cm³/mol. The van der Waals surface area contributed by atoms with Crippen LogP contribution in [0.2, 0.25) is 0 Å². The van der Waals surface area contributed by atoms with Crippen molar-refractivity contribution in [3.8, 4) is 0 Å². The van der Waals surface area contributed by atoms with Gasteiger partial charge in [0.15, 0.2) is 9.84 Å². The van der Waals surface area contributed by atoms with Gasteiger partial charge >= 0.3 is 0 Å². The van der Waals surface area contributed by atoms with Gasteiger partial charge in [-0.15, -0.1) is 0 Å². The Hall–Kier alpha value is -2.55. The van der Waals surface area contributed by atoms with E-state index in [2.05, 4.69) is 20.6 Å². The maximum Gasteiger partial charge on any atom is 0.270 e. The normalized spacial score (nSPS) is 18.4. The van der Waals surface area contributed by atoms with Gasteiger partial charge in [-0.1, -0.05) is 12.1 Å². The number of hydrogen-bond acceptors (Lipinski definition) is 6. The van der Waals surface area contributed by atoms with Crippen LogP contribution in [0.25, 0.3) is 0 Å². The van der Waals surface area contributed by atoms with Gasteiger partial charge < -0.3 is 10.6 Å². The summed E-state index contributed by atoms with van der Waals surface area (Å²) in [5, 5.41) is 5.71. The zero-order valence-electron chi connectivity index (χ0n) is 14.0. The smallest absolute Gasteiger partial charge is 0.270 e. The number of carbonyl (C=O) groups is 1. The van der Waals surface area contributed by atoms with E-state index in [4.69, 9.17) is 0 Å². The Kier molecular flexibility index (Phi) is 5.46. The third-order valence-corrected chi connectivity index (χ3v) is 5.83. The fourth-order valence-corrected chi connectivity index (χ4v) is 4.38. The lowest BCUT2D eigenvalue weighted by molar-refractivity contribution is 0.0949. The maximum absolute atomic E-state index is 12.9. The summed E-state index contributed by atoms with van der Waals surface area (Å²) < 4.78 is 35.9. The standard InChI is InChI=1S/C17H19FN4O3S/c18-13-3-1-12(2-4-13)5-8-19-16(23)15-6-9-20-17(22-15)21-14-7-10-26(24,25)11-14/h1-4,6,9,14H,5,7-8,10-11H2,(H,19,23)(H,20,21,22). The molecule has 1 unspecified atom stereocenters. The number of nitrogens with zero attached hydrogens (tertiary/aromatic N) is 2. The molecule has 0 radical (unpaired) electrons. The van der Waals surface area contributed by atoms with Crippen LogP contribution in [-0.2, 0) is 16.3 Å². The Morgan fingerprint density at radius 3 is 2.69 bits per heavy atom. The highest BCUT2D eigenvalue weighted by Gasteiger charge is 2.28. The largest absolute Gasteiger partial charge is 0.350 e. The molecule has 1 aliphatic heterocycles. The minimum Gasteiger partial charge on any atom is -0.350 e. The van der Waals surface area contributed by atoms with Crippen molar-refractivity contribution >= 4 is 21.7 Å². The van der Waals surface area contributed by atoms with Crippen LogP contribution < -0.4 is 10.6 Å². The third kappa shape index (κ3) is 4.98. The highest BCUT2D eigenvalue weighted by molar-refractivity contribution is 7.91. The summed E-state index contributed by atoms with van der Waals surface area (Å²) >= 11 is 0. The van der Waals surface area contributed by atoms with Crippen LogP contribution in [0.4, 0.5) is 10.3 Å². The van der Waals surface area contributed by atoms with E-state index in [-0.39, 0.29) is 40.9 Å². The van der Waals surface area contributed by atoms with Crippen LogP contribution in [0.5, 0.6) is 0 Å². The molecule has 1 saturated heterocycles. The van der Waals surface area contributed by atoms with E-state index in [1.807, 2.05) is 0 Å². The summed E-state index contributed by atoms with van der Waals surface area (Å²) in [7, 11) is -3.00. The summed E-state index contributed by atoms with van der Waals surface area (Å²) in [6.07, 6.45) is 2.52. The van der Waals surface area contributed by atoms with Gasteiger partial charge in [0.1, 0.15) is 11.5 Å². The van der Waals surface area contributed by atoms with E-state index >= 15 is 0 Å². The number of benzene rings is 1. The van der Waals surface area contributed by atoms with E-state index in [0.29, 0.717) is 19.4 Å². The number of anilines is 1. The molecule has 2 heterocycles. The second-order valence-electron chi connectivity index (χ2n) is 6.14. The van der Waals surface area contributed by atoms with E-state index in [9.17, 15) is 17.6 Å². The van der Waals surface area contributed by atoms with Gasteiger partial charge in [-0.05, 0) is 36.6 Å². The zero-order chi connectivity index (χ0) is 18.6. The fourth-order valence-electron chi connectivity index (χ4n) is 2.71. The predicted octanol–water partition coefficient (Wildman–Crippen LogP) is 1.19. The topological polar surface area (TPSA) is 101 Å². The Balaban J connectivity index is 1.53. The van der Waals surface area contributed by atoms with Crippen molar-refractivity contribution in [1.29, 1.82) is 0 Å². The molecule has 9 heteroatoms. The van der Waals surface area contributed by atoms with E-state index < -0.39 is 9.84 Å². The first-order valence-corrected chi connectivity index (χ1v) is 10.1. The van der Waals surface area contributed by atoms with Crippen molar-refractivity contribution in [2.45, 2.75) is 18.9 Å². The maximum atomic E-state index is 12.9. The Morgan fingerprint density at radius 2 is 2.00 bits per heavy atom. The summed E-state index contributed by atoms with van der Waals surface area (Å²) in [4.78, 5) is 20.4. The molecule has 1 aromatic carbocycles. The van der Waals surface area contributed by atoms with E-state index in [0.717, 1.165) is 5.56 Å². The summed E-state index contributed by atoms with van der Waals surface area (Å²) in [6.45, 7) is 0.387. The molecule has 2 N–H and O–H groups in total. The minimum atomic E-state index is -3.00. The first-order valence-electron chi connectivity index (χ1n) is 8.24.